The molecule has 1 atom stereocenters. The summed E-state index contributed by atoms with van der Waals surface area (Å²) in [7, 11) is 4.06. The number of nitrogens with one attached hydrogen (secondary N) is 1. The van der Waals surface area contributed by atoms with E-state index in [4.69, 9.17) is 4.74 Å². The molecule has 6 nitrogen and oxygen atoms in total. The van der Waals surface area contributed by atoms with Crippen LogP contribution in [0.2, 0.25) is 0 Å². The molecular weight excluding hydrogens is 355 g/mol. The predicted molar refractivity (Wildman–Crippen MR) is 99.1 cm³/mol. The number of nitrogens with zero attached hydrogens (tertiary/aromatic N) is 3. The lowest BCUT2D eigenvalue weighted by Crippen LogP contribution is -3.05. The predicted octanol–water partition coefficient (Wildman–Crippen LogP) is 2.05. The Morgan fingerprint density at radius 1 is 1.27 bits per heavy atom. The summed E-state index contributed by atoms with van der Waals surface area (Å²) in [6, 6.07) is 6.22. The molecule has 0 amide bonds. The highest BCUT2D eigenvalue weighted by Gasteiger charge is 2.24. The van der Waals surface area contributed by atoms with Crippen LogP contribution in [0.3, 0.4) is 0 Å². The van der Waals surface area contributed by atoms with E-state index in [0.717, 1.165) is 11.5 Å². The summed E-state index contributed by atoms with van der Waals surface area (Å²) in [4.78, 5) is 13.2. The quantitative estimate of drug-likeness (QED) is 0.613. The zero-order valence-electron chi connectivity index (χ0n) is 16.0. The molecule has 1 N–H and O–H groups in total. The van der Waals surface area contributed by atoms with Gasteiger partial charge >= 0.3 is 5.97 Å². The Morgan fingerprint density at radius 3 is 2.42 bits per heavy atom. The summed E-state index contributed by atoms with van der Waals surface area (Å²) in [6.07, 6.45) is 0. The standard InChI is InChI=1S/C18H25FN4O2S/c1-12(22(5)6)16-20-21-17(26-11-15(24)25-18(2,3)4)23(16)14-9-7-13(19)8-10-14/h7-10,12H,11H2,1-6H3/p+1/t12-/m1/s1. The van der Waals surface area contributed by atoms with Crippen molar-refractivity contribution in [2.45, 2.75) is 44.5 Å². The van der Waals surface area contributed by atoms with Gasteiger partial charge in [-0.25, -0.2) is 4.39 Å². The summed E-state index contributed by atoms with van der Waals surface area (Å²) >= 11 is 1.26. The Hall–Kier alpha value is -1.93. The maximum absolute atomic E-state index is 13.3. The van der Waals surface area contributed by atoms with Gasteiger partial charge in [-0.15, -0.1) is 10.2 Å². The average molecular weight is 381 g/mol. The van der Waals surface area contributed by atoms with Crippen molar-refractivity contribution in [2.75, 3.05) is 19.8 Å². The van der Waals surface area contributed by atoms with E-state index < -0.39 is 5.60 Å². The van der Waals surface area contributed by atoms with Gasteiger partial charge in [-0.1, -0.05) is 11.8 Å². The van der Waals surface area contributed by atoms with Crippen molar-refractivity contribution in [1.82, 2.24) is 14.8 Å². The van der Waals surface area contributed by atoms with Crippen LogP contribution in [-0.2, 0) is 9.53 Å². The molecule has 2 aromatic rings. The molecule has 0 aliphatic heterocycles. The minimum absolute atomic E-state index is 0.0726. The van der Waals surface area contributed by atoms with E-state index in [-0.39, 0.29) is 23.6 Å². The van der Waals surface area contributed by atoms with Crippen LogP contribution >= 0.6 is 11.8 Å². The lowest BCUT2D eigenvalue weighted by molar-refractivity contribution is -0.890. The van der Waals surface area contributed by atoms with Crippen molar-refractivity contribution >= 4 is 17.7 Å². The third-order valence-electron chi connectivity index (χ3n) is 3.74. The van der Waals surface area contributed by atoms with Crippen LogP contribution in [0.4, 0.5) is 4.39 Å². The second-order valence-corrected chi connectivity index (χ2v) is 8.27. The number of hydrogen-bond donors (Lipinski definition) is 1. The van der Waals surface area contributed by atoms with Crippen LogP contribution in [0.15, 0.2) is 29.4 Å². The molecule has 0 saturated carbocycles. The van der Waals surface area contributed by atoms with Gasteiger partial charge in [-0.05, 0) is 52.0 Å². The number of carbonyl (C=O) groups excluding carboxylic acids is 1. The molecule has 0 fully saturated rings. The van der Waals surface area contributed by atoms with Gasteiger partial charge in [-0.2, -0.15) is 0 Å². The number of carbonyl (C=O) groups is 1. The molecule has 0 unspecified atom stereocenters. The average Bonchev–Trinajstić information content (AvgIpc) is 2.95. The van der Waals surface area contributed by atoms with E-state index >= 15 is 0 Å². The lowest BCUT2D eigenvalue weighted by Gasteiger charge is -2.19. The third-order valence-corrected chi connectivity index (χ3v) is 4.64. The smallest absolute Gasteiger partial charge is 0.316 e. The number of esters is 1. The lowest BCUT2D eigenvalue weighted by atomic mass is 10.2. The fraction of sp³-hybridized carbons (Fsp3) is 0.500. The summed E-state index contributed by atoms with van der Waals surface area (Å²) in [5.41, 5.74) is 0.224. The van der Waals surface area contributed by atoms with Crippen molar-refractivity contribution in [3.05, 3.63) is 35.9 Å². The zero-order chi connectivity index (χ0) is 19.5. The molecule has 0 saturated heterocycles. The fourth-order valence-electron chi connectivity index (χ4n) is 2.24. The first kappa shape index (κ1) is 20.4. The topological polar surface area (TPSA) is 61.4 Å². The van der Waals surface area contributed by atoms with E-state index in [1.54, 1.807) is 12.1 Å². The molecular formula is C18H26FN4O2S+. The summed E-state index contributed by atoms with van der Waals surface area (Å²) in [5, 5.41) is 9.14. The van der Waals surface area contributed by atoms with Gasteiger partial charge in [-0.3, -0.25) is 9.36 Å². The third kappa shape index (κ3) is 5.28. The first-order valence-electron chi connectivity index (χ1n) is 8.44. The van der Waals surface area contributed by atoms with E-state index in [1.165, 1.54) is 28.8 Å². The van der Waals surface area contributed by atoms with Gasteiger partial charge in [0.1, 0.15) is 17.5 Å². The number of benzene rings is 1. The minimum atomic E-state index is -0.532. The Morgan fingerprint density at radius 2 is 1.88 bits per heavy atom. The van der Waals surface area contributed by atoms with Crippen molar-refractivity contribution in [1.29, 1.82) is 0 Å². The van der Waals surface area contributed by atoms with E-state index in [2.05, 4.69) is 10.2 Å². The Bertz CT molecular complexity index is 754. The van der Waals surface area contributed by atoms with Crippen LogP contribution in [-0.4, -0.2) is 46.2 Å². The second-order valence-electron chi connectivity index (χ2n) is 7.33. The molecule has 1 heterocycles. The van der Waals surface area contributed by atoms with Gasteiger partial charge in [0.05, 0.1) is 19.8 Å². The molecule has 8 heteroatoms. The van der Waals surface area contributed by atoms with Crippen molar-refractivity contribution in [2.24, 2.45) is 0 Å². The Kier molecular flexibility index (Phi) is 6.41. The van der Waals surface area contributed by atoms with Gasteiger partial charge < -0.3 is 9.64 Å². The first-order chi connectivity index (χ1) is 12.1. The summed E-state index contributed by atoms with van der Waals surface area (Å²) in [5.74, 6) is 0.254. The SMILES string of the molecule is C[C@H](c1nnc(SCC(=O)OC(C)(C)C)n1-c1ccc(F)cc1)[NH+](C)C. The maximum atomic E-state index is 13.3. The molecule has 0 bridgehead atoms. The second kappa shape index (κ2) is 8.18. The summed E-state index contributed by atoms with van der Waals surface area (Å²) in [6.45, 7) is 7.53. The Labute approximate surface area is 157 Å². The van der Waals surface area contributed by atoms with Gasteiger partial charge in [0.25, 0.3) is 0 Å². The summed E-state index contributed by atoms with van der Waals surface area (Å²) < 4.78 is 20.5. The van der Waals surface area contributed by atoms with Crippen LogP contribution in [0, 0.1) is 5.82 Å². The number of aromatic nitrogens is 3. The normalized spacial score (nSPS) is 13.1. The maximum Gasteiger partial charge on any atom is 0.316 e. The number of quaternary nitrogens is 1. The van der Waals surface area contributed by atoms with Gasteiger partial charge in [0.2, 0.25) is 0 Å². The molecule has 1 aromatic carbocycles. The van der Waals surface area contributed by atoms with Crippen molar-refractivity contribution < 1.29 is 18.8 Å². The molecule has 0 radical (unpaired) electrons. The van der Waals surface area contributed by atoms with E-state index in [0.29, 0.717) is 5.16 Å². The molecule has 1 aromatic heterocycles. The molecule has 0 aliphatic carbocycles. The molecule has 26 heavy (non-hydrogen) atoms. The monoisotopic (exact) mass is 381 g/mol. The molecule has 2 rings (SSSR count). The number of ether oxygens (including phenoxy) is 1. The fourth-order valence-corrected chi connectivity index (χ4v) is 2.97. The van der Waals surface area contributed by atoms with Gasteiger partial charge in [0, 0.05) is 5.69 Å². The van der Waals surface area contributed by atoms with E-state index in [1.807, 2.05) is 46.4 Å². The van der Waals surface area contributed by atoms with Crippen LogP contribution in [0.1, 0.15) is 39.6 Å². The van der Waals surface area contributed by atoms with Crippen molar-refractivity contribution in [3.8, 4) is 5.69 Å². The molecule has 142 valence electrons. The highest BCUT2D eigenvalue weighted by molar-refractivity contribution is 7.99. The van der Waals surface area contributed by atoms with Crippen LogP contribution in [0.5, 0.6) is 0 Å². The largest absolute Gasteiger partial charge is 0.459 e. The van der Waals surface area contributed by atoms with Crippen LogP contribution < -0.4 is 4.90 Å². The minimum Gasteiger partial charge on any atom is -0.459 e. The highest BCUT2D eigenvalue weighted by Crippen LogP contribution is 2.25. The Balaban J connectivity index is 2.31. The van der Waals surface area contributed by atoms with Crippen LogP contribution in [0.25, 0.3) is 5.69 Å². The number of halogens is 1. The first-order valence-corrected chi connectivity index (χ1v) is 9.43. The number of rotatable bonds is 6. The zero-order valence-corrected chi connectivity index (χ0v) is 16.9. The molecule has 0 spiro atoms. The van der Waals surface area contributed by atoms with Crippen molar-refractivity contribution in [3.63, 3.8) is 0 Å². The number of hydrogen-bond acceptors (Lipinski definition) is 5. The molecule has 0 aliphatic rings. The van der Waals surface area contributed by atoms with E-state index in [9.17, 15) is 9.18 Å². The van der Waals surface area contributed by atoms with Gasteiger partial charge in [0.15, 0.2) is 11.0 Å². The number of thioether (sulfide) groups is 1. The highest BCUT2D eigenvalue weighted by atomic mass is 32.2.